The first-order valence-corrected chi connectivity index (χ1v) is 8.39. The van der Waals surface area contributed by atoms with Crippen molar-refractivity contribution in [1.82, 2.24) is 15.2 Å². The highest BCUT2D eigenvalue weighted by atomic mass is 32.1. The molecule has 0 saturated heterocycles. The summed E-state index contributed by atoms with van der Waals surface area (Å²) in [7, 11) is 3.44. The number of para-hydroxylation sites is 1. The van der Waals surface area contributed by atoms with Crippen LogP contribution in [-0.4, -0.2) is 43.1 Å². The van der Waals surface area contributed by atoms with Crippen LogP contribution in [0.4, 0.5) is 13.2 Å². The summed E-state index contributed by atoms with van der Waals surface area (Å²) in [6.07, 6.45) is -4.41. The predicted molar refractivity (Wildman–Crippen MR) is 91.9 cm³/mol. The van der Waals surface area contributed by atoms with Crippen molar-refractivity contribution in [2.75, 3.05) is 27.2 Å². The number of nitrogens with one attached hydrogen (secondary N) is 1. The van der Waals surface area contributed by atoms with E-state index >= 15 is 0 Å². The number of thiazole rings is 1. The number of aliphatic imine (C=N–C) groups is 1. The van der Waals surface area contributed by atoms with E-state index in [1.807, 2.05) is 42.3 Å². The summed E-state index contributed by atoms with van der Waals surface area (Å²) in [5.41, 5.74) is -0.867. The highest BCUT2D eigenvalue weighted by Gasteiger charge is 2.33. The van der Waals surface area contributed by atoms with Gasteiger partial charge in [0.2, 0.25) is 0 Å². The first-order chi connectivity index (χ1) is 11.9. The van der Waals surface area contributed by atoms with Gasteiger partial charge < -0.3 is 15.0 Å². The van der Waals surface area contributed by atoms with Gasteiger partial charge in [-0.25, -0.2) is 4.98 Å². The smallest absolute Gasteiger partial charge is 0.434 e. The van der Waals surface area contributed by atoms with Crippen molar-refractivity contribution in [3.8, 4) is 5.75 Å². The van der Waals surface area contributed by atoms with Gasteiger partial charge in [-0.05, 0) is 12.1 Å². The molecular weight excluding hydrogens is 353 g/mol. The van der Waals surface area contributed by atoms with Crippen LogP contribution in [-0.2, 0) is 12.7 Å². The number of aromatic nitrogens is 1. The van der Waals surface area contributed by atoms with Gasteiger partial charge in [-0.15, -0.1) is 11.3 Å². The first kappa shape index (κ1) is 19.0. The highest BCUT2D eigenvalue weighted by Crippen LogP contribution is 2.29. The van der Waals surface area contributed by atoms with Crippen molar-refractivity contribution in [2.45, 2.75) is 12.7 Å². The van der Waals surface area contributed by atoms with Crippen LogP contribution in [0.15, 0.2) is 40.7 Å². The Labute approximate surface area is 148 Å². The van der Waals surface area contributed by atoms with Crippen molar-refractivity contribution in [3.05, 3.63) is 46.4 Å². The van der Waals surface area contributed by atoms with Gasteiger partial charge in [0.15, 0.2) is 11.7 Å². The van der Waals surface area contributed by atoms with Crippen LogP contribution >= 0.6 is 11.3 Å². The molecule has 0 atom stereocenters. The number of ether oxygens (including phenoxy) is 1. The van der Waals surface area contributed by atoms with Gasteiger partial charge in [0.25, 0.3) is 0 Å². The summed E-state index contributed by atoms with van der Waals surface area (Å²) in [4.78, 5) is 9.53. The Kier molecular flexibility index (Phi) is 6.63. The molecule has 0 fully saturated rings. The summed E-state index contributed by atoms with van der Waals surface area (Å²) in [6, 6.07) is 9.43. The molecule has 0 spiro atoms. The molecule has 136 valence electrons. The molecule has 1 aromatic heterocycles. The van der Waals surface area contributed by atoms with E-state index in [4.69, 9.17) is 4.74 Å². The van der Waals surface area contributed by atoms with E-state index < -0.39 is 11.9 Å². The molecule has 0 saturated carbocycles. The number of hydrogen-bond acceptors (Lipinski definition) is 4. The second kappa shape index (κ2) is 8.70. The van der Waals surface area contributed by atoms with Gasteiger partial charge in [0.1, 0.15) is 17.4 Å². The van der Waals surface area contributed by atoms with Gasteiger partial charge in [0.05, 0.1) is 13.1 Å². The second-order valence-electron chi connectivity index (χ2n) is 5.11. The molecule has 0 bridgehead atoms. The zero-order chi connectivity index (χ0) is 18.3. The molecule has 2 aromatic rings. The molecule has 1 aromatic carbocycles. The Bertz CT molecular complexity index is 688. The third kappa shape index (κ3) is 5.93. The molecule has 1 heterocycles. The number of guanidine groups is 1. The summed E-state index contributed by atoms with van der Waals surface area (Å²) in [5, 5.41) is 4.36. The van der Waals surface area contributed by atoms with Crippen molar-refractivity contribution >= 4 is 17.3 Å². The van der Waals surface area contributed by atoms with Crippen LogP contribution in [0.1, 0.15) is 10.7 Å². The Balaban J connectivity index is 1.80. The van der Waals surface area contributed by atoms with Gasteiger partial charge >= 0.3 is 6.18 Å². The van der Waals surface area contributed by atoms with Crippen LogP contribution in [0.25, 0.3) is 0 Å². The summed E-state index contributed by atoms with van der Waals surface area (Å²) < 4.78 is 43.3. The maximum absolute atomic E-state index is 12.6. The van der Waals surface area contributed by atoms with Crippen LogP contribution in [0.2, 0.25) is 0 Å². The van der Waals surface area contributed by atoms with Gasteiger partial charge in [-0.3, -0.25) is 4.99 Å². The Morgan fingerprint density at radius 1 is 1.32 bits per heavy atom. The van der Waals surface area contributed by atoms with E-state index in [0.717, 1.165) is 22.5 Å². The fourth-order valence-electron chi connectivity index (χ4n) is 1.98. The lowest BCUT2D eigenvalue weighted by atomic mass is 10.3. The largest absolute Gasteiger partial charge is 0.492 e. The van der Waals surface area contributed by atoms with Crippen molar-refractivity contribution in [2.24, 2.45) is 4.99 Å². The number of alkyl halides is 3. The number of hydrogen-bond donors (Lipinski definition) is 1. The van der Waals surface area contributed by atoms with E-state index in [-0.39, 0.29) is 6.54 Å². The first-order valence-electron chi connectivity index (χ1n) is 7.51. The van der Waals surface area contributed by atoms with Crippen molar-refractivity contribution < 1.29 is 17.9 Å². The standard InChI is InChI=1S/C16H19F3N4OS/c1-20-15(21-10-14-22-13(11-25-14)16(17,18)19)23(2)8-9-24-12-6-4-3-5-7-12/h3-7,11H,8-10H2,1-2H3,(H,20,21). The minimum absolute atomic E-state index is 0.178. The summed E-state index contributed by atoms with van der Waals surface area (Å²) in [5.74, 6) is 1.33. The lowest BCUT2D eigenvalue weighted by molar-refractivity contribution is -0.140. The zero-order valence-electron chi connectivity index (χ0n) is 13.9. The minimum atomic E-state index is -4.41. The van der Waals surface area contributed by atoms with E-state index in [1.165, 1.54) is 0 Å². The minimum Gasteiger partial charge on any atom is -0.492 e. The van der Waals surface area contributed by atoms with Gasteiger partial charge in [-0.2, -0.15) is 13.2 Å². The Hall–Kier alpha value is -2.29. The fraction of sp³-hybridized carbons (Fsp3) is 0.375. The Morgan fingerprint density at radius 2 is 2.04 bits per heavy atom. The fourth-order valence-corrected chi connectivity index (χ4v) is 2.73. The van der Waals surface area contributed by atoms with Crippen LogP contribution in [0.5, 0.6) is 5.75 Å². The lowest BCUT2D eigenvalue weighted by Crippen LogP contribution is -2.40. The number of likely N-dealkylation sites (N-methyl/N-ethyl adjacent to an activating group) is 1. The Morgan fingerprint density at radius 3 is 2.64 bits per heavy atom. The van der Waals surface area contributed by atoms with Crippen LogP contribution < -0.4 is 10.1 Å². The highest BCUT2D eigenvalue weighted by molar-refractivity contribution is 7.09. The number of benzene rings is 1. The van der Waals surface area contributed by atoms with Crippen molar-refractivity contribution in [1.29, 1.82) is 0 Å². The SMILES string of the molecule is CN=C(NCc1nc(C(F)(F)F)cs1)N(C)CCOc1ccccc1. The maximum atomic E-state index is 12.6. The third-order valence-corrected chi connectivity index (χ3v) is 4.10. The topological polar surface area (TPSA) is 49.8 Å². The monoisotopic (exact) mass is 372 g/mol. The molecule has 0 aliphatic heterocycles. The summed E-state index contributed by atoms with van der Waals surface area (Å²) >= 11 is 0.964. The molecule has 25 heavy (non-hydrogen) atoms. The van der Waals surface area contributed by atoms with E-state index in [1.54, 1.807) is 7.05 Å². The van der Waals surface area contributed by atoms with Gasteiger partial charge in [0, 0.05) is 19.5 Å². The average molecular weight is 372 g/mol. The number of halogens is 3. The number of nitrogens with zero attached hydrogens (tertiary/aromatic N) is 3. The molecule has 0 aliphatic carbocycles. The number of rotatable bonds is 6. The average Bonchev–Trinajstić information content (AvgIpc) is 3.06. The van der Waals surface area contributed by atoms with E-state index in [0.29, 0.717) is 24.1 Å². The molecule has 0 radical (unpaired) electrons. The lowest BCUT2D eigenvalue weighted by Gasteiger charge is -2.21. The normalized spacial score (nSPS) is 12.1. The summed E-state index contributed by atoms with van der Waals surface area (Å²) in [6.45, 7) is 1.20. The predicted octanol–water partition coefficient (Wildman–Crippen LogP) is 3.25. The molecule has 9 heteroatoms. The molecule has 0 amide bonds. The van der Waals surface area contributed by atoms with Gasteiger partial charge in [-0.1, -0.05) is 18.2 Å². The molecule has 5 nitrogen and oxygen atoms in total. The quantitative estimate of drug-likeness (QED) is 0.625. The second-order valence-corrected chi connectivity index (χ2v) is 6.05. The molecule has 1 N–H and O–H groups in total. The molecular formula is C16H19F3N4OS. The van der Waals surface area contributed by atoms with E-state index in [9.17, 15) is 13.2 Å². The van der Waals surface area contributed by atoms with Crippen LogP contribution in [0, 0.1) is 0 Å². The van der Waals surface area contributed by atoms with Crippen molar-refractivity contribution in [3.63, 3.8) is 0 Å². The molecule has 0 unspecified atom stereocenters. The third-order valence-electron chi connectivity index (χ3n) is 3.25. The molecule has 2 rings (SSSR count). The zero-order valence-corrected chi connectivity index (χ0v) is 14.7. The van der Waals surface area contributed by atoms with Crippen LogP contribution in [0.3, 0.4) is 0 Å². The molecule has 0 aliphatic rings. The maximum Gasteiger partial charge on any atom is 0.434 e. The van der Waals surface area contributed by atoms with E-state index in [2.05, 4.69) is 15.3 Å².